The highest BCUT2D eigenvalue weighted by Crippen LogP contribution is 2.32. The number of hydrogen-bond acceptors (Lipinski definition) is 3. The van der Waals surface area contributed by atoms with Gasteiger partial charge in [-0.2, -0.15) is 0 Å². The molecule has 4 heteroatoms. The molecule has 0 spiro atoms. The van der Waals surface area contributed by atoms with Gasteiger partial charge >= 0.3 is 5.97 Å². The molecule has 2 aromatic rings. The number of ketones is 1. The number of rotatable bonds is 7. The zero-order chi connectivity index (χ0) is 18.7. The Hall–Kier alpha value is -2.62. The van der Waals surface area contributed by atoms with Crippen molar-refractivity contribution in [1.29, 1.82) is 0 Å². The van der Waals surface area contributed by atoms with E-state index < -0.39 is 0 Å². The summed E-state index contributed by atoms with van der Waals surface area (Å²) in [5.74, 6) is 0.0244. The fourth-order valence-corrected chi connectivity index (χ4v) is 3.29. The van der Waals surface area contributed by atoms with Gasteiger partial charge in [0.1, 0.15) is 0 Å². The van der Waals surface area contributed by atoms with Gasteiger partial charge in [0.15, 0.2) is 0 Å². The minimum Gasteiger partial charge on any atom is -0.465 e. The number of esters is 1. The molecule has 26 heavy (non-hydrogen) atoms. The number of ether oxygens (including phenoxy) is 1. The highest BCUT2D eigenvalue weighted by atomic mass is 16.5. The van der Waals surface area contributed by atoms with Gasteiger partial charge in [0.25, 0.3) is 0 Å². The quantitative estimate of drug-likeness (QED) is 0.547. The maximum atomic E-state index is 12.8. The normalized spacial score (nSPS) is 15.7. The Morgan fingerprint density at radius 1 is 1.23 bits per heavy atom. The summed E-state index contributed by atoms with van der Waals surface area (Å²) in [6, 6.07) is 11.1. The number of carbonyl (C=O) groups excluding carboxylic acids is 2. The van der Waals surface area contributed by atoms with Crippen molar-refractivity contribution >= 4 is 17.8 Å². The van der Waals surface area contributed by atoms with E-state index in [1.165, 1.54) is 0 Å². The Labute approximate surface area is 154 Å². The Kier molecular flexibility index (Phi) is 5.40. The van der Waals surface area contributed by atoms with Crippen LogP contribution < -0.4 is 0 Å². The lowest BCUT2D eigenvalue weighted by Gasteiger charge is -2.11. The summed E-state index contributed by atoms with van der Waals surface area (Å²) in [7, 11) is 0. The number of nitrogens with zero attached hydrogens (tertiary/aromatic N) is 1. The third-order valence-electron chi connectivity index (χ3n) is 4.88. The SMILES string of the molecule is C=Cc1ccc(C(=O)c2ccc3n2CCC3C(=O)OCCC(C)C)cc1. The van der Waals surface area contributed by atoms with Gasteiger partial charge in [-0.1, -0.05) is 50.8 Å². The molecule has 3 rings (SSSR count). The van der Waals surface area contributed by atoms with Crippen molar-refractivity contribution in [2.75, 3.05) is 6.61 Å². The van der Waals surface area contributed by atoms with Crippen LogP contribution in [0.3, 0.4) is 0 Å². The minimum absolute atomic E-state index is 0.0271. The molecule has 0 saturated carbocycles. The molecule has 0 saturated heterocycles. The first-order chi connectivity index (χ1) is 12.5. The van der Waals surface area contributed by atoms with Crippen molar-refractivity contribution in [2.45, 2.75) is 39.2 Å². The fourth-order valence-electron chi connectivity index (χ4n) is 3.29. The van der Waals surface area contributed by atoms with E-state index in [1.54, 1.807) is 6.08 Å². The lowest BCUT2D eigenvalue weighted by Crippen LogP contribution is -2.15. The third-order valence-corrected chi connectivity index (χ3v) is 4.88. The molecule has 1 aliphatic heterocycles. The molecule has 0 bridgehead atoms. The lowest BCUT2D eigenvalue weighted by molar-refractivity contribution is -0.145. The second-order valence-corrected chi connectivity index (χ2v) is 7.14. The van der Waals surface area contributed by atoms with Crippen LogP contribution in [0.5, 0.6) is 0 Å². The summed E-state index contributed by atoms with van der Waals surface area (Å²) in [6.45, 7) is 9.05. The number of fused-ring (bicyclic) bond motifs is 1. The van der Waals surface area contributed by atoms with Gasteiger partial charge in [0, 0.05) is 17.8 Å². The second-order valence-electron chi connectivity index (χ2n) is 7.14. The predicted octanol–water partition coefficient (Wildman–Crippen LogP) is 4.44. The van der Waals surface area contributed by atoms with E-state index in [4.69, 9.17) is 4.74 Å². The molecule has 0 amide bonds. The zero-order valence-corrected chi connectivity index (χ0v) is 15.4. The molecule has 0 radical (unpaired) electrons. The highest BCUT2D eigenvalue weighted by Gasteiger charge is 2.33. The fraction of sp³-hybridized carbons (Fsp3) is 0.364. The van der Waals surface area contributed by atoms with Crippen LogP contribution in [-0.4, -0.2) is 22.9 Å². The van der Waals surface area contributed by atoms with Crippen molar-refractivity contribution in [3.63, 3.8) is 0 Å². The summed E-state index contributed by atoms with van der Waals surface area (Å²) >= 11 is 0. The molecule has 1 aliphatic rings. The zero-order valence-electron chi connectivity index (χ0n) is 15.4. The van der Waals surface area contributed by atoms with E-state index in [-0.39, 0.29) is 17.7 Å². The van der Waals surface area contributed by atoms with Crippen LogP contribution in [0.25, 0.3) is 6.08 Å². The Morgan fingerprint density at radius 3 is 2.62 bits per heavy atom. The molecule has 2 heterocycles. The highest BCUT2D eigenvalue weighted by molar-refractivity contribution is 6.08. The van der Waals surface area contributed by atoms with E-state index >= 15 is 0 Å². The first kappa shape index (κ1) is 18.2. The molecule has 1 atom stereocenters. The average molecular weight is 351 g/mol. The number of aromatic nitrogens is 1. The molecule has 4 nitrogen and oxygen atoms in total. The standard InChI is InChI=1S/C22H25NO3/c1-4-16-5-7-17(8-6-16)21(24)20-10-9-19-18(11-13-23(19)20)22(25)26-14-12-15(2)3/h4-10,15,18H,1,11-14H2,2-3H3. The molecule has 1 aromatic heterocycles. The summed E-state index contributed by atoms with van der Waals surface area (Å²) in [5.41, 5.74) is 3.13. The maximum absolute atomic E-state index is 12.8. The van der Waals surface area contributed by atoms with Gasteiger partial charge in [-0.15, -0.1) is 0 Å². The summed E-state index contributed by atoms with van der Waals surface area (Å²) < 4.78 is 7.38. The van der Waals surface area contributed by atoms with Gasteiger partial charge in [-0.25, -0.2) is 0 Å². The summed E-state index contributed by atoms with van der Waals surface area (Å²) in [5, 5.41) is 0. The third kappa shape index (κ3) is 3.64. The molecule has 136 valence electrons. The van der Waals surface area contributed by atoms with Crippen molar-refractivity contribution in [3.05, 3.63) is 65.5 Å². The maximum Gasteiger partial charge on any atom is 0.315 e. The Balaban J connectivity index is 1.74. The van der Waals surface area contributed by atoms with Crippen LogP contribution in [0.1, 0.15) is 59.9 Å². The van der Waals surface area contributed by atoms with E-state index in [1.807, 2.05) is 41.0 Å². The molecule has 0 fully saturated rings. The lowest BCUT2D eigenvalue weighted by atomic mass is 10.0. The van der Waals surface area contributed by atoms with Gasteiger partial charge in [0.05, 0.1) is 18.2 Å². The smallest absolute Gasteiger partial charge is 0.315 e. The number of benzene rings is 1. The molecule has 1 unspecified atom stereocenters. The first-order valence-electron chi connectivity index (χ1n) is 9.14. The molecule has 1 aromatic carbocycles. The van der Waals surface area contributed by atoms with Crippen LogP contribution in [-0.2, 0) is 16.1 Å². The van der Waals surface area contributed by atoms with E-state index in [9.17, 15) is 9.59 Å². The molecule has 0 aliphatic carbocycles. The summed E-state index contributed by atoms with van der Waals surface area (Å²) in [4.78, 5) is 25.2. The number of carbonyl (C=O) groups is 2. The number of hydrogen-bond donors (Lipinski definition) is 0. The van der Waals surface area contributed by atoms with Gasteiger partial charge < -0.3 is 9.30 Å². The van der Waals surface area contributed by atoms with E-state index in [0.29, 0.717) is 36.7 Å². The Morgan fingerprint density at radius 2 is 1.96 bits per heavy atom. The topological polar surface area (TPSA) is 48.3 Å². The predicted molar refractivity (Wildman–Crippen MR) is 102 cm³/mol. The molecular formula is C22H25NO3. The molecular weight excluding hydrogens is 326 g/mol. The van der Waals surface area contributed by atoms with E-state index in [0.717, 1.165) is 17.7 Å². The summed E-state index contributed by atoms with van der Waals surface area (Å²) in [6.07, 6.45) is 3.30. The van der Waals surface area contributed by atoms with Crippen LogP contribution in [0, 0.1) is 5.92 Å². The van der Waals surface area contributed by atoms with Gasteiger partial charge in [-0.3, -0.25) is 9.59 Å². The van der Waals surface area contributed by atoms with Crippen LogP contribution in [0.4, 0.5) is 0 Å². The molecule has 0 N–H and O–H groups in total. The van der Waals surface area contributed by atoms with E-state index in [2.05, 4.69) is 20.4 Å². The van der Waals surface area contributed by atoms with Crippen LogP contribution in [0.15, 0.2) is 43.0 Å². The van der Waals surface area contributed by atoms with Crippen LogP contribution in [0.2, 0.25) is 0 Å². The largest absolute Gasteiger partial charge is 0.465 e. The Bertz CT molecular complexity index is 814. The average Bonchev–Trinajstić information content (AvgIpc) is 3.22. The minimum atomic E-state index is -0.271. The monoisotopic (exact) mass is 351 g/mol. The first-order valence-corrected chi connectivity index (χ1v) is 9.14. The van der Waals surface area contributed by atoms with Crippen LogP contribution >= 0.6 is 0 Å². The van der Waals surface area contributed by atoms with Crippen molar-refractivity contribution < 1.29 is 14.3 Å². The van der Waals surface area contributed by atoms with Gasteiger partial charge in [-0.05, 0) is 36.5 Å². The van der Waals surface area contributed by atoms with Crippen molar-refractivity contribution in [1.82, 2.24) is 4.57 Å². The van der Waals surface area contributed by atoms with Crippen molar-refractivity contribution in [2.24, 2.45) is 5.92 Å². The van der Waals surface area contributed by atoms with Gasteiger partial charge in [0.2, 0.25) is 5.78 Å². The van der Waals surface area contributed by atoms with Crippen molar-refractivity contribution in [3.8, 4) is 0 Å². The second kappa shape index (κ2) is 7.73.